The van der Waals surface area contributed by atoms with Gasteiger partial charge in [0.2, 0.25) is 0 Å². The van der Waals surface area contributed by atoms with E-state index >= 15 is 0 Å². The van der Waals surface area contributed by atoms with Crippen molar-refractivity contribution in [2.24, 2.45) is 7.05 Å². The molecular formula is C78H61Ir5N8-5. The Bertz CT molecular complexity index is 4750. The average Bonchev–Trinajstić information content (AvgIpc) is 1.62. The van der Waals surface area contributed by atoms with Crippen LogP contribution < -0.4 is 0 Å². The van der Waals surface area contributed by atoms with Crippen molar-refractivity contribution >= 4 is 33.1 Å². The number of fused-ring (bicyclic) bond motifs is 3. The number of rotatable bonds is 7. The minimum Gasteiger partial charge on any atom is -0.367 e. The summed E-state index contributed by atoms with van der Waals surface area (Å²) >= 11 is 0. The van der Waals surface area contributed by atoms with Crippen LogP contribution in [0.15, 0.2) is 279 Å². The first kappa shape index (κ1) is 67.5. The third kappa shape index (κ3) is 18.2. The predicted molar refractivity (Wildman–Crippen MR) is 352 cm³/mol. The molecule has 91 heavy (non-hydrogen) atoms. The number of pyridine rings is 2. The van der Waals surface area contributed by atoms with Crippen LogP contribution in [0.5, 0.6) is 0 Å². The SMILES string of the molecule is Cc1cc[c-]c(-c2ccccn2)c1.Cc1ccc2nc(-c3[c-]cccc3)n(-c3ccccc3)c2c1.Cc1cccnc1-c1[c-]cccc1.Cn1c(-c2[c-]cccc2)nc2ccccc21.[2H]C([2H])([2H])c1ccc2c(c1)nc(-c1[c-]cccc1)n2-c1ccccc1.[Ir].[Ir].[Ir].[Ir].[Ir]. The van der Waals surface area contributed by atoms with E-state index in [9.17, 15) is 0 Å². The van der Waals surface area contributed by atoms with Gasteiger partial charge in [-0.15, -0.1) is 179 Å². The normalized spacial score (nSPS) is 10.7. The molecule has 0 saturated carbocycles. The molecule has 0 amide bonds. The Kier molecular flexibility index (Phi) is 26.5. The maximum Gasteiger partial charge on any atom is 0.0777 e. The van der Waals surface area contributed by atoms with Gasteiger partial charge in [-0.3, -0.25) is 15.0 Å². The largest absolute Gasteiger partial charge is 0.367 e. The molecule has 0 unspecified atom stereocenters. The van der Waals surface area contributed by atoms with E-state index in [-0.39, 0.29) is 101 Å². The Hall–Kier alpha value is -7.84. The predicted octanol–water partition coefficient (Wildman–Crippen LogP) is 18.3. The molecule has 0 fully saturated rings. The second-order valence-corrected chi connectivity index (χ2v) is 20.2. The quantitative estimate of drug-likeness (QED) is 0.149. The number of para-hydroxylation sites is 4. The Morgan fingerprint density at radius 2 is 0.824 bits per heavy atom. The second-order valence-electron chi connectivity index (χ2n) is 20.2. The Labute approximate surface area is 605 Å². The number of imidazole rings is 3. The zero-order chi connectivity index (χ0) is 61.5. The maximum absolute atomic E-state index is 7.63. The van der Waals surface area contributed by atoms with Crippen LogP contribution in [0, 0.1) is 58.0 Å². The number of hydrogen-bond acceptors (Lipinski definition) is 5. The van der Waals surface area contributed by atoms with E-state index < -0.39 is 6.85 Å². The van der Waals surface area contributed by atoms with Gasteiger partial charge in [-0.25, -0.2) is 0 Å². The molecule has 15 aromatic rings. The molecule has 10 aromatic carbocycles. The van der Waals surface area contributed by atoms with Gasteiger partial charge in [0.25, 0.3) is 0 Å². The topological polar surface area (TPSA) is 79.2 Å². The summed E-state index contributed by atoms with van der Waals surface area (Å²) in [6.45, 7) is 4.09. The van der Waals surface area contributed by atoms with Gasteiger partial charge in [0.05, 0.1) is 50.6 Å². The van der Waals surface area contributed by atoms with Crippen molar-refractivity contribution in [3.8, 4) is 68.1 Å². The molecule has 0 aliphatic carbocycles. The standard InChI is InChI=1S/2C20H15N2.C14H11N2.2C12H10N.5Ir/c1-15-12-13-19-18(14-15)21-20(16-8-4-2-5-9-16)22(19)17-10-6-3-7-11-17;1-15-12-13-18-19(14-15)22(17-10-6-3-7-11-17)20(21-18)16-8-4-2-5-9-16;1-16-13-10-6-5-9-12(13)15-14(16)11-7-3-2-4-8-11;1-10-5-4-6-11(9-10)12-7-2-3-8-13-12;1-10-6-5-9-13-12(10)11-7-3-2-4-8-11;;;;;/h2*2-8,10-14H,1H3;2-7,9-10H,1H3;2-5,7-9H,1H3;2-7,9H,1H3;;;;;/q5*-1;;;;;/i1D3;;;;;;;;;. The molecule has 5 radical (unpaired) electrons. The van der Waals surface area contributed by atoms with Gasteiger partial charge in [-0.1, -0.05) is 91.3 Å². The van der Waals surface area contributed by atoms with Gasteiger partial charge in [-0.05, 0) is 116 Å². The molecule has 0 aliphatic rings. The maximum atomic E-state index is 7.63. The van der Waals surface area contributed by atoms with Crippen molar-refractivity contribution in [1.29, 1.82) is 0 Å². The number of aryl methyl sites for hydroxylation is 5. The van der Waals surface area contributed by atoms with Crippen LogP contribution in [0.1, 0.15) is 26.4 Å². The summed E-state index contributed by atoms with van der Waals surface area (Å²) in [4.78, 5) is 22.7. The van der Waals surface area contributed by atoms with Crippen LogP contribution in [0.25, 0.3) is 101 Å². The van der Waals surface area contributed by atoms with Gasteiger partial charge in [0.15, 0.2) is 0 Å². The fourth-order valence-electron chi connectivity index (χ4n) is 9.85. The molecule has 0 bridgehead atoms. The Balaban J connectivity index is 0.000000188. The first-order chi connectivity index (χ1) is 43.5. The third-order valence-electron chi connectivity index (χ3n) is 14.0. The number of hydrogen-bond donors (Lipinski definition) is 0. The van der Waals surface area contributed by atoms with Crippen LogP contribution in [-0.4, -0.2) is 38.6 Å². The van der Waals surface area contributed by atoms with Gasteiger partial charge in [0.1, 0.15) is 0 Å². The van der Waals surface area contributed by atoms with Crippen LogP contribution in [0.3, 0.4) is 0 Å². The Morgan fingerprint density at radius 1 is 0.341 bits per heavy atom. The van der Waals surface area contributed by atoms with Crippen LogP contribution in [0.2, 0.25) is 0 Å². The smallest absolute Gasteiger partial charge is 0.0777 e. The summed E-state index contributed by atoms with van der Waals surface area (Å²) in [5, 5.41) is 0. The zero-order valence-electron chi connectivity index (χ0n) is 52.8. The Morgan fingerprint density at radius 3 is 1.37 bits per heavy atom. The summed E-state index contributed by atoms with van der Waals surface area (Å²) < 4.78 is 29.2. The fraction of sp³-hybridized carbons (Fsp3) is 0.0641. The number of aromatic nitrogens is 8. The molecule has 8 nitrogen and oxygen atoms in total. The third-order valence-corrected chi connectivity index (χ3v) is 14.0. The molecule has 0 N–H and O–H groups in total. The van der Waals surface area contributed by atoms with E-state index in [1.54, 1.807) is 18.3 Å². The molecule has 15 rings (SSSR count). The van der Waals surface area contributed by atoms with Crippen molar-refractivity contribution in [3.63, 3.8) is 0 Å². The van der Waals surface area contributed by atoms with E-state index in [0.717, 1.165) is 95.6 Å². The molecule has 13 heteroatoms. The molecule has 0 atom stereocenters. The van der Waals surface area contributed by atoms with E-state index in [4.69, 9.17) is 14.1 Å². The van der Waals surface area contributed by atoms with Crippen LogP contribution >= 0.6 is 0 Å². The minimum atomic E-state index is -2.15. The van der Waals surface area contributed by atoms with Gasteiger partial charge < -0.3 is 23.7 Å². The molecule has 5 aromatic heterocycles. The molecule has 0 aliphatic heterocycles. The first-order valence-electron chi connectivity index (χ1n) is 29.7. The van der Waals surface area contributed by atoms with Crippen molar-refractivity contribution in [2.45, 2.75) is 27.6 Å². The minimum absolute atomic E-state index is 0. The van der Waals surface area contributed by atoms with Crippen molar-refractivity contribution < 1.29 is 105 Å². The van der Waals surface area contributed by atoms with E-state index in [1.807, 2.05) is 212 Å². The second kappa shape index (κ2) is 35.7. The zero-order valence-corrected chi connectivity index (χ0v) is 61.8. The molecule has 5 heterocycles. The fourth-order valence-corrected chi connectivity index (χ4v) is 9.85. The van der Waals surface area contributed by atoms with Crippen molar-refractivity contribution in [3.05, 3.63) is 332 Å². The van der Waals surface area contributed by atoms with E-state index in [0.29, 0.717) is 11.1 Å². The molecule has 0 saturated heterocycles. The molecule has 463 valence electrons. The first-order valence-corrected chi connectivity index (χ1v) is 28.2. The van der Waals surface area contributed by atoms with Crippen LogP contribution in [-0.2, 0) is 108 Å². The number of benzene rings is 10. The van der Waals surface area contributed by atoms with Gasteiger partial charge in [-0.2, -0.15) is 0 Å². The van der Waals surface area contributed by atoms with E-state index in [2.05, 4.69) is 136 Å². The average molecular weight is 2070 g/mol. The summed E-state index contributed by atoms with van der Waals surface area (Å²) in [6, 6.07) is 103. The van der Waals surface area contributed by atoms with Crippen LogP contribution in [0.4, 0.5) is 0 Å². The molecular weight excluding hydrogens is 2010 g/mol. The number of nitrogens with zero attached hydrogens (tertiary/aromatic N) is 8. The summed E-state index contributed by atoms with van der Waals surface area (Å²) in [5.41, 5.74) is 18.8. The van der Waals surface area contributed by atoms with Crippen molar-refractivity contribution in [1.82, 2.24) is 38.6 Å². The summed E-state index contributed by atoms with van der Waals surface area (Å²) in [6.07, 6.45) is 3.61. The van der Waals surface area contributed by atoms with Gasteiger partial charge >= 0.3 is 0 Å². The summed E-state index contributed by atoms with van der Waals surface area (Å²) in [5.74, 6) is 2.62. The van der Waals surface area contributed by atoms with E-state index in [1.165, 1.54) is 16.7 Å². The van der Waals surface area contributed by atoms with Gasteiger partial charge in [0, 0.05) is 135 Å². The van der Waals surface area contributed by atoms with Crippen molar-refractivity contribution in [2.75, 3.05) is 0 Å². The summed E-state index contributed by atoms with van der Waals surface area (Å²) in [7, 11) is 2.03. The molecule has 0 spiro atoms. The monoisotopic (exact) mass is 2080 g/mol.